The Morgan fingerprint density at radius 3 is 2.65 bits per heavy atom. The fourth-order valence-electron chi connectivity index (χ4n) is 2.91. The third kappa shape index (κ3) is 4.34. The summed E-state index contributed by atoms with van der Waals surface area (Å²) in [4.78, 5) is 12.0. The molecule has 1 saturated carbocycles. The first-order chi connectivity index (χ1) is 9.69. The molecule has 0 aromatic heterocycles. The van der Waals surface area contributed by atoms with Crippen molar-refractivity contribution in [2.75, 3.05) is 6.61 Å². The van der Waals surface area contributed by atoms with Crippen LogP contribution in [0.5, 0.6) is 0 Å². The van der Waals surface area contributed by atoms with Gasteiger partial charge in [-0.15, -0.1) is 0 Å². The van der Waals surface area contributed by atoms with Crippen LogP contribution in [0.2, 0.25) is 0 Å². The molecule has 0 bridgehead atoms. The number of benzene rings is 1. The molecule has 1 aromatic rings. The lowest BCUT2D eigenvalue weighted by molar-refractivity contribution is -0.122. The molecule has 1 fully saturated rings. The van der Waals surface area contributed by atoms with Crippen LogP contribution < -0.4 is 5.32 Å². The van der Waals surface area contributed by atoms with Gasteiger partial charge in [0.2, 0.25) is 5.91 Å². The highest BCUT2D eigenvalue weighted by Crippen LogP contribution is 2.24. The fourth-order valence-corrected chi connectivity index (χ4v) is 2.91. The van der Waals surface area contributed by atoms with Gasteiger partial charge >= 0.3 is 0 Å². The summed E-state index contributed by atoms with van der Waals surface area (Å²) in [5.41, 5.74) is 2.44. The molecule has 20 heavy (non-hydrogen) atoms. The SMILES string of the molecule is Cc1ccc(CCC(=O)NC2CCCCC2CO)cc1. The number of amides is 1. The summed E-state index contributed by atoms with van der Waals surface area (Å²) < 4.78 is 0. The van der Waals surface area contributed by atoms with Crippen LogP contribution in [0.3, 0.4) is 0 Å². The van der Waals surface area contributed by atoms with Crippen molar-refractivity contribution in [3.63, 3.8) is 0 Å². The maximum atomic E-state index is 12.0. The molecule has 0 aliphatic heterocycles. The number of hydrogen-bond donors (Lipinski definition) is 2. The smallest absolute Gasteiger partial charge is 0.220 e. The van der Waals surface area contributed by atoms with E-state index in [4.69, 9.17) is 0 Å². The molecule has 1 amide bonds. The highest BCUT2D eigenvalue weighted by Gasteiger charge is 2.25. The fraction of sp³-hybridized carbons (Fsp3) is 0.588. The molecule has 1 aromatic carbocycles. The van der Waals surface area contributed by atoms with Gasteiger partial charge < -0.3 is 10.4 Å². The molecule has 110 valence electrons. The molecule has 2 unspecified atom stereocenters. The third-order valence-corrected chi connectivity index (χ3v) is 4.25. The van der Waals surface area contributed by atoms with E-state index >= 15 is 0 Å². The highest BCUT2D eigenvalue weighted by molar-refractivity contribution is 5.76. The Morgan fingerprint density at radius 1 is 1.25 bits per heavy atom. The number of aliphatic hydroxyl groups is 1. The minimum Gasteiger partial charge on any atom is -0.396 e. The molecule has 0 saturated heterocycles. The number of hydrogen-bond acceptors (Lipinski definition) is 2. The Morgan fingerprint density at radius 2 is 1.95 bits per heavy atom. The van der Waals surface area contributed by atoms with Crippen LogP contribution in [0.25, 0.3) is 0 Å². The Kier molecular flexibility index (Phi) is 5.60. The van der Waals surface area contributed by atoms with Crippen molar-refractivity contribution in [1.82, 2.24) is 5.32 Å². The van der Waals surface area contributed by atoms with Gasteiger partial charge in [0.05, 0.1) is 0 Å². The van der Waals surface area contributed by atoms with Gasteiger partial charge in [-0.3, -0.25) is 4.79 Å². The molecule has 0 radical (unpaired) electrons. The first-order valence-electron chi connectivity index (χ1n) is 7.65. The number of aryl methyl sites for hydroxylation is 2. The normalized spacial score (nSPS) is 22.5. The van der Waals surface area contributed by atoms with E-state index < -0.39 is 0 Å². The van der Waals surface area contributed by atoms with Crippen molar-refractivity contribution >= 4 is 5.91 Å². The van der Waals surface area contributed by atoms with Crippen LogP contribution in [0.1, 0.15) is 43.2 Å². The highest BCUT2D eigenvalue weighted by atomic mass is 16.3. The molecule has 1 aliphatic carbocycles. The van der Waals surface area contributed by atoms with E-state index in [1.807, 2.05) is 0 Å². The largest absolute Gasteiger partial charge is 0.396 e. The minimum atomic E-state index is 0.107. The zero-order valence-electron chi connectivity index (χ0n) is 12.3. The minimum absolute atomic E-state index is 0.107. The van der Waals surface area contributed by atoms with Crippen molar-refractivity contribution < 1.29 is 9.90 Å². The van der Waals surface area contributed by atoms with E-state index in [-0.39, 0.29) is 24.5 Å². The van der Waals surface area contributed by atoms with E-state index in [9.17, 15) is 9.90 Å². The van der Waals surface area contributed by atoms with Gasteiger partial charge in [-0.05, 0) is 31.7 Å². The number of carbonyl (C=O) groups is 1. The topological polar surface area (TPSA) is 49.3 Å². The van der Waals surface area contributed by atoms with Crippen LogP contribution >= 0.6 is 0 Å². The summed E-state index contributed by atoms with van der Waals surface area (Å²) in [5.74, 6) is 0.350. The monoisotopic (exact) mass is 275 g/mol. The number of carbonyl (C=O) groups excluding carboxylic acids is 1. The summed E-state index contributed by atoms with van der Waals surface area (Å²) in [6, 6.07) is 8.49. The lowest BCUT2D eigenvalue weighted by Gasteiger charge is -2.30. The molecule has 3 heteroatoms. The lowest BCUT2D eigenvalue weighted by atomic mass is 9.85. The standard InChI is InChI=1S/C17H25NO2/c1-13-6-8-14(9-7-13)10-11-17(20)18-16-5-3-2-4-15(16)12-19/h6-9,15-16,19H,2-5,10-12H2,1H3,(H,18,20). The molecule has 2 atom stereocenters. The van der Waals surface area contributed by atoms with E-state index in [2.05, 4.69) is 36.5 Å². The van der Waals surface area contributed by atoms with Crippen molar-refractivity contribution in [2.45, 2.75) is 51.5 Å². The predicted molar refractivity (Wildman–Crippen MR) is 80.5 cm³/mol. The Balaban J connectivity index is 1.78. The molecule has 0 spiro atoms. The zero-order valence-corrected chi connectivity index (χ0v) is 12.3. The Bertz CT molecular complexity index is 427. The van der Waals surface area contributed by atoms with Crippen molar-refractivity contribution in [2.24, 2.45) is 5.92 Å². The molecule has 1 aliphatic rings. The second-order valence-electron chi connectivity index (χ2n) is 5.89. The van der Waals surface area contributed by atoms with Crippen molar-refractivity contribution in [3.05, 3.63) is 35.4 Å². The van der Waals surface area contributed by atoms with Gasteiger partial charge in [0.1, 0.15) is 0 Å². The maximum Gasteiger partial charge on any atom is 0.220 e. The molecule has 0 heterocycles. The van der Waals surface area contributed by atoms with Crippen LogP contribution in [-0.4, -0.2) is 23.7 Å². The first kappa shape index (κ1) is 15.0. The van der Waals surface area contributed by atoms with E-state index in [0.717, 1.165) is 25.7 Å². The zero-order chi connectivity index (χ0) is 14.4. The molecule has 3 nitrogen and oxygen atoms in total. The van der Waals surface area contributed by atoms with E-state index in [0.29, 0.717) is 6.42 Å². The van der Waals surface area contributed by atoms with Crippen LogP contribution in [0.4, 0.5) is 0 Å². The average molecular weight is 275 g/mol. The van der Waals surface area contributed by atoms with Crippen molar-refractivity contribution in [1.29, 1.82) is 0 Å². The molecular formula is C17H25NO2. The summed E-state index contributed by atoms with van der Waals surface area (Å²) in [6.45, 7) is 2.25. The quantitative estimate of drug-likeness (QED) is 0.868. The van der Waals surface area contributed by atoms with Crippen molar-refractivity contribution in [3.8, 4) is 0 Å². The van der Waals surface area contributed by atoms with Gasteiger partial charge in [-0.2, -0.15) is 0 Å². The van der Waals surface area contributed by atoms with E-state index in [1.54, 1.807) is 0 Å². The summed E-state index contributed by atoms with van der Waals surface area (Å²) >= 11 is 0. The summed E-state index contributed by atoms with van der Waals surface area (Å²) in [6.07, 6.45) is 5.65. The first-order valence-corrected chi connectivity index (χ1v) is 7.65. The van der Waals surface area contributed by atoms with Gasteiger partial charge in [0.15, 0.2) is 0 Å². The second-order valence-corrected chi connectivity index (χ2v) is 5.89. The number of rotatable bonds is 5. The van der Waals surface area contributed by atoms with Gasteiger partial charge in [-0.1, -0.05) is 42.7 Å². The van der Waals surface area contributed by atoms with E-state index in [1.165, 1.54) is 17.5 Å². The summed E-state index contributed by atoms with van der Waals surface area (Å²) in [7, 11) is 0. The predicted octanol–water partition coefficient (Wildman–Crippen LogP) is 2.59. The van der Waals surface area contributed by atoms with Crippen LogP contribution in [-0.2, 0) is 11.2 Å². The van der Waals surface area contributed by atoms with Gasteiger partial charge in [0, 0.05) is 25.0 Å². The van der Waals surface area contributed by atoms with Crippen LogP contribution in [0.15, 0.2) is 24.3 Å². The second kappa shape index (κ2) is 7.44. The summed E-state index contributed by atoms with van der Waals surface area (Å²) in [5, 5.41) is 12.5. The van der Waals surface area contributed by atoms with Gasteiger partial charge in [-0.25, -0.2) is 0 Å². The average Bonchev–Trinajstić information content (AvgIpc) is 2.47. The van der Waals surface area contributed by atoms with Gasteiger partial charge in [0.25, 0.3) is 0 Å². The lowest BCUT2D eigenvalue weighted by Crippen LogP contribution is -2.43. The maximum absolute atomic E-state index is 12.0. The Hall–Kier alpha value is -1.35. The Labute approximate surface area is 121 Å². The third-order valence-electron chi connectivity index (χ3n) is 4.25. The van der Waals surface area contributed by atoms with Crippen LogP contribution in [0, 0.1) is 12.8 Å². The molecule has 2 N–H and O–H groups in total. The number of aliphatic hydroxyl groups excluding tert-OH is 1. The number of nitrogens with one attached hydrogen (secondary N) is 1. The molecular weight excluding hydrogens is 250 g/mol. The molecule has 2 rings (SSSR count).